The van der Waals surface area contributed by atoms with Gasteiger partial charge < -0.3 is 0 Å². The normalized spacial score (nSPS) is 10.5. The maximum Gasteiger partial charge on any atom is 0.200 e. The monoisotopic (exact) mass is 294 g/mol. The second-order valence-electron chi connectivity index (χ2n) is 3.89. The molecule has 0 saturated carbocycles. The number of carbonyl (C=O) groups excluding carboxylic acids is 2. The number of unbranched alkanes of at least 4 members (excludes halogenated alkanes) is 4. The third-order valence-corrected chi connectivity index (χ3v) is 5.89. The van der Waals surface area contributed by atoms with Gasteiger partial charge in [-0.2, -0.15) is 0 Å². The topological polar surface area (TPSA) is 34.1 Å². The summed E-state index contributed by atoms with van der Waals surface area (Å²) in [6, 6.07) is 0. The van der Waals surface area contributed by atoms with Gasteiger partial charge in [0.15, 0.2) is 10.2 Å². The van der Waals surface area contributed by atoms with Crippen molar-refractivity contribution in [2.45, 2.75) is 65.2 Å². The summed E-state index contributed by atoms with van der Waals surface area (Å²) in [5, 5.41) is 0.384. The van der Waals surface area contributed by atoms with Crippen LogP contribution < -0.4 is 0 Å². The molecule has 0 heterocycles. The Morgan fingerprint density at radius 1 is 0.765 bits per heavy atom. The fourth-order valence-corrected chi connectivity index (χ4v) is 4.59. The predicted molar refractivity (Wildman–Crippen MR) is 81.1 cm³/mol. The molecule has 0 aromatic carbocycles. The molecular formula is C12H22O2S3. The molecule has 0 aromatic heterocycles. The quantitative estimate of drug-likeness (QED) is 0.407. The van der Waals surface area contributed by atoms with Gasteiger partial charge in [0, 0.05) is 12.8 Å². The Hall–Kier alpha value is 0.390. The van der Waals surface area contributed by atoms with E-state index in [1.54, 1.807) is 0 Å². The minimum atomic E-state index is 0.192. The van der Waals surface area contributed by atoms with Crippen molar-refractivity contribution in [3.05, 3.63) is 0 Å². The Morgan fingerprint density at radius 3 is 1.53 bits per heavy atom. The van der Waals surface area contributed by atoms with E-state index in [-0.39, 0.29) is 10.2 Å². The summed E-state index contributed by atoms with van der Waals surface area (Å²) >= 11 is 0. The zero-order valence-corrected chi connectivity index (χ0v) is 13.1. The molecule has 0 radical (unpaired) electrons. The maximum atomic E-state index is 11.4. The number of rotatable bonds is 10. The van der Waals surface area contributed by atoms with E-state index in [1.807, 2.05) is 0 Å². The van der Waals surface area contributed by atoms with E-state index in [0.29, 0.717) is 12.8 Å². The Balaban J connectivity index is 3.36. The van der Waals surface area contributed by atoms with Crippen LogP contribution in [0.3, 0.4) is 0 Å². The average molecular weight is 295 g/mol. The van der Waals surface area contributed by atoms with Crippen LogP contribution >= 0.6 is 31.4 Å². The van der Waals surface area contributed by atoms with Crippen molar-refractivity contribution < 1.29 is 9.59 Å². The Labute approximate surface area is 116 Å². The molecule has 0 bridgehead atoms. The van der Waals surface area contributed by atoms with Crippen LogP contribution in [0.2, 0.25) is 0 Å². The number of hydrogen-bond acceptors (Lipinski definition) is 5. The summed E-state index contributed by atoms with van der Waals surface area (Å²) in [6.45, 7) is 4.24. The van der Waals surface area contributed by atoms with Crippen LogP contribution in [0, 0.1) is 0 Å². The van der Waals surface area contributed by atoms with Gasteiger partial charge in [-0.1, -0.05) is 39.5 Å². The lowest BCUT2D eigenvalue weighted by atomic mass is 10.2. The molecule has 0 aliphatic heterocycles. The predicted octanol–water partition coefficient (Wildman–Crippen LogP) is 5.23. The smallest absolute Gasteiger partial charge is 0.200 e. The van der Waals surface area contributed by atoms with Gasteiger partial charge in [-0.3, -0.25) is 9.59 Å². The highest BCUT2D eigenvalue weighted by Crippen LogP contribution is 2.37. The molecule has 100 valence electrons. The van der Waals surface area contributed by atoms with Gasteiger partial charge >= 0.3 is 0 Å². The standard InChI is InChI=1S/C12H22O2S3/c1-3-5-7-9-11(13)15-17-16-12(14)10-8-6-4-2/h3-10H2,1-2H3. The lowest BCUT2D eigenvalue weighted by Crippen LogP contribution is -1.90. The molecule has 0 aliphatic rings. The summed E-state index contributed by atoms with van der Waals surface area (Å²) in [7, 11) is 3.75. The highest BCUT2D eigenvalue weighted by Gasteiger charge is 2.07. The average Bonchev–Trinajstić information content (AvgIpc) is 2.30. The van der Waals surface area contributed by atoms with E-state index in [0.717, 1.165) is 38.5 Å². The van der Waals surface area contributed by atoms with E-state index < -0.39 is 0 Å². The van der Waals surface area contributed by atoms with Crippen LogP contribution in [0.4, 0.5) is 0 Å². The van der Waals surface area contributed by atoms with Crippen molar-refractivity contribution in [2.75, 3.05) is 0 Å². The van der Waals surface area contributed by atoms with Crippen LogP contribution in [-0.4, -0.2) is 10.2 Å². The van der Waals surface area contributed by atoms with Crippen molar-refractivity contribution in [1.29, 1.82) is 0 Å². The second-order valence-corrected chi connectivity index (χ2v) is 7.91. The van der Waals surface area contributed by atoms with Crippen LogP contribution in [0.25, 0.3) is 0 Å². The molecule has 0 amide bonds. The molecule has 0 atom stereocenters. The highest BCUT2D eigenvalue weighted by atomic mass is 33.5. The molecule has 17 heavy (non-hydrogen) atoms. The first-order valence-corrected chi connectivity index (χ1v) is 9.75. The van der Waals surface area contributed by atoms with Crippen LogP contribution in [0.5, 0.6) is 0 Å². The van der Waals surface area contributed by atoms with Crippen molar-refractivity contribution in [1.82, 2.24) is 0 Å². The first-order valence-electron chi connectivity index (χ1n) is 6.27. The van der Waals surface area contributed by atoms with Crippen LogP contribution in [0.15, 0.2) is 0 Å². The summed E-state index contributed by atoms with van der Waals surface area (Å²) in [5.41, 5.74) is 0. The van der Waals surface area contributed by atoms with Crippen LogP contribution in [0.1, 0.15) is 65.2 Å². The van der Waals surface area contributed by atoms with E-state index in [9.17, 15) is 9.59 Å². The first kappa shape index (κ1) is 17.4. The molecular weight excluding hydrogens is 272 g/mol. The SMILES string of the molecule is CCCCCC(=O)SSSC(=O)CCCCC. The molecule has 0 fully saturated rings. The summed E-state index contributed by atoms with van der Waals surface area (Å²) < 4.78 is 0. The van der Waals surface area contributed by atoms with E-state index in [2.05, 4.69) is 13.8 Å². The summed E-state index contributed by atoms with van der Waals surface area (Å²) in [6.07, 6.45) is 7.70. The van der Waals surface area contributed by atoms with Gasteiger partial charge in [0.2, 0.25) is 0 Å². The summed E-state index contributed by atoms with van der Waals surface area (Å²) in [5.74, 6) is 0. The molecule has 0 unspecified atom stereocenters. The molecule has 5 heteroatoms. The fourth-order valence-electron chi connectivity index (χ4n) is 1.21. The molecule has 0 N–H and O–H groups in total. The van der Waals surface area contributed by atoms with Crippen molar-refractivity contribution >= 4 is 41.6 Å². The van der Waals surface area contributed by atoms with Gasteiger partial charge in [-0.25, -0.2) is 0 Å². The van der Waals surface area contributed by atoms with Crippen LogP contribution in [-0.2, 0) is 9.59 Å². The molecule has 0 aliphatic carbocycles. The van der Waals surface area contributed by atoms with Gasteiger partial charge in [0.05, 0.1) is 0 Å². The lowest BCUT2D eigenvalue weighted by molar-refractivity contribution is -0.111. The largest absolute Gasteiger partial charge is 0.286 e. The van der Waals surface area contributed by atoms with E-state index in [1.165, 1.54) is 31.4 Å². The highest BCUT2D eigenvalue weighted by molar-refractivity contribution is 9.14. The molecule has 2 nitrogen and oxygen atoms in total. The van der Waals surface area contributed by atoms with Crippen molar-refractivity contribution in [3.8, 4) is 0 Å². The number of hydrogen-bond donors (Lipinski definition) is 0. The first-order chi connectivity index (χ1) is 8.20. The molecule has 0 saturated heterocycles. The van der Waals surface area contributed by atoms with Gasteiger partial charge in [-0.05, 0) is 44.3 Å². The minimum absolute atomic E-state index is 0.192. The fraction of sp³-hybridized carbons (Fsp3) is 0.833. The lowest BCUT2D eigenvalue weighted by Gasteiger charge is -1.99. The Kier molecular flexibility index (Phi) is 13.1. The Morgan fingerprint density at radius 2 is 1.18 bits per heavy atom. The minimum Gasteiger partial charge on any atom is -0.286 e. The third-order valence-electron chi connectivity index (χ3n) is 2.22. The zero-order valence-electron chi connectivity index (χ0n) is 10.7. The molecule has 0 rings (SSSR count). The third kappa shape index (κ3) is 12.6. The van der Waals surface area contributed by atoms with Crippen molar-refractivity contribution in [2.24, 2.45) is 0 Å². The van der Waals surface area contributed by atoms with Gasteiger partial charge in [-0.15, -0.1) is 0 Å². The Bertz CT molecular complexity index is 198. The van der Waals surface area contributed by atoms with E-state index in [4.69, 9.17) is 0 Å². The zero-order chi connectivity index (χ0) is 12.9. The van der Waals surface area contributed by atoms with Gasteiger partial charge in [0.1, 0.15) is 0 Å². The summed E-state index contributed by atoms with van der Waals surface area (Å²) in [4.78, 5) is 22.8. The second kappa shape index (κ2) is 12.8. The van der Waals surface area contributed by atoms with E-state index >= 15 is 0 Å². The number of carbonyl (C=O) groups is 2. The van der Waals surface area contributed by atoms with Gasteiger partial charge in [0.25, 0.3) is 0 Å². The molecule has 0 aromatic rings. The van der Waals surface area contributed by atoms with Crippen molar-refractivity contribution in [3.63, 3.8) is 0 Å². The molecule has 0 spiro atoms. The maximum absolute atomic E-state index is 11.4.